The predicted octanol–water partition coefficient (Wildman–Crippen LogP) is 2.77. The van der Waals surface area contributed by atoms with Gasteiger partial charge in [0.2, 0.25) is 0 Å². The maximum atomic E-state index is 10.8. The second-order valence-corrected chi connectivity index (χ2v) is 10.2. The fourth-order valence-electron chi connectivity index (χ4n) is 5.17. The van der Waals surface area contributed by atoms with E-state index in [2.05, 4.69) is 13.8 Å². The van der Waals surface area contributed by atoms with Gasteiger partial charge >= 0.3 is 0 Å². The lowest BCUT2D eigenvalue weighted by molar-refractivity contribution is -0.201. The Morgan fingerprint density at radius 2 is 1.36 bits per heavy atom. The van der Waals surface area contributed by atoms with Crippen molar-refractivity contribution < 1.29 is 29.5 Å². The first-order valence-electron chi connectivity index (χ1n) is 11.2. The average Bonchev–Trinajstić information content (AvgIpc) is 2.91. The van der Waals surface area contributed by atoms with Gasteiger partial charge in [-0.1, -0.05) is 52.4 Å². The summed E-state index contributed by atoms with van der Waals surface area (Å²) in [4.78, 5) is 0. The highest BCUT2D eigenvalue weighted by Gasteiger charge is 2.55. The smallest absolute Gasteiger partial charge is 0.184 e. The average molecular weight is 401 g/mol. The van der Waals surface area contributed by atoms with Crippen molar-refractivity contribution in [3.05, 3.63) is 0 Å². The Morgan fingerprint density at radius 3 is 1.89 bits per heavy atom. The van der Waals surface area contributed by atoms with Crippen LogP contribution in [0.5, 0.6) is 0 Å². The third kappa shape index (κ3) is 5.08. The summed E-state index contributed by atoms with van der Waals surface area (Å²) in [5.41, 5.74) is -1.11. The first-order valence-corrected chi connectivity index (χ1v) is 11.2. The van der Waals surface area contributed by atoms with Gasteiger partial charge in [0.05, 0.1) is 26.4 Å². The first kappa shape index (κ1) is 22.4. The van der Waals surface area contributed by atoms with Gasteiger partial charge in [0.15, 0.2) is 6.29 Å². The summed E-state index contributed by atoms with van der Waals surface area (Å²) in [7, 11) is 0. The van der Waals surface area contributed by atoms with E-state index in [-0.39, 0.29) is 17.4 Å². The van der Waals surface area contributed by atoms with Crippen molar-refractivity contribution in [3.63, 3.8) is 0 Å². The summed E-state index contributed by atoms with van der Waals surface area (Å²) < 4.78 is 17.5. The topological polar surface area (TPSA) is 88.4 Å². The van der Waals surface area contributed by atoms with Crippen molar-refractivity contribution in [2.24, 2.45) is 10.8 Å². The Labute approximate surface area is 169 Å². The highest BCUT2D eigenvalue weighted by Crippen LogP contribution is 2.40. The first-order chi connectivity index (χ1) is 13.3. The summed E-state index contributed by atoms with van der Waals surface area (Å²) in [5.74, 6) is 0. The molecule has 0 radical (unpaired) electrons. The standard InChI is InChI=1S/C22H40O6/c1-20(9-5-3-6-10-20)14-26-16-22(13-23)18(24)17(19(25)28-22)27-15-21(2)11-7-4-8-12-21/h17-19,23-25H,3-16H2,1-2H3/t17?,18?,19-,22-/m0/s1. The molecule has 0 bridgehead atoms. The minimum atomic E-state index is -1.33. The molecule has 1 heterocycles. The maximum absolute atomic E-state index is 10.8. The summed E-state index contributed by atoms with van der Waals surface area (Å²) in [6.07, 6.45) is 8.58. The Morgan fingerprint density at radius 1 is 0.821 bits per heavy atom. The van der Waals surface area contributed by atoms with Gasteiger partial charge in [-0.15, -0.1) is 0 Å². The number of rotatable bonds is 8. The third-order valence-corrected chi connectivity index (χ3v) is 7.30. The van der Waals surface area contributed by atoms with E-state index in [1.165, 1.54) is 38.5 Å². The van der Waals surface area contributed by atoms with Gasteiger partial charge in [-0.2, -0.15) is 0 Å². The number of ether oxygens (including phenoxy) is 3. The van der Waals surface area contributed by atoms with E-state index in [1.54, 1.807) is 0 Å². The van der Waals surface area contributed by atoms with Crippen LogP contribution >= 0.6 is 0 Å². The molecule has 6 nitrogen and oxygen atoms in total. The van der Waals surface area contributed by atoms with E-state index in [4.69, 9.17) is 14.2 Å². The SMILES string of the molecule is CC1(COC[C@]2(CO)O[C@H](O)C(OCC3(C)CCCCC3)C2O)CCCCC1. The van der Waals surface area contributed by atoms with Crippen molar-refractivity contribution in [1.29, 1.82) is 0 Å². The van der Waals surface area contributed by atoms with Crippen molar-refractivity contribution in [2.75, 3.05) is 26.4 Å². The molecule has 4 atom stereocenters. The lowest BCUT2D eigenvalue weighted by Crippen LogP contribution is -2.51. The minimum absolute atomic E-state index is 0.0500. The normalized spacial score (nSPS) is 37.8. The molecule has 3 aliphatic rings. The zero-order valence-electron chi connectivity index (χ0n) is 17.7. The molecule has 0 aromatic rings. The van der Waals surface area contributed by atoms with Crippen molar-refractivity contribution in [1.82, 2.24) is 0 Å². The number of aliphatic hydroxyl groups excluding tert-OH is 3. The molecule has 2 unspecified atom stereocenters. The highest BCUT2D eigenvalue weighted by atomic mass is 16.7. The summed E-state index contributed by atoms with van der Waals surface area (Å²) in [5, 5.41) is 31.2. The van der Waals surface area contributed by atoms with Crippen LogP contribution in [0.25, 0.3) is 0 Å². The fraction of sp³-hybridized carbons (Fsp3) is 1.00. The number of hydrogen-bond donors (Lipinski definition) is 3. The molecule has 6 heteroatoms. The van der Waals surface area contributed by atoms with Gasteiger partial charge in [-0.3, -0.25) is 0 Å². The summed E-state index contributed by atoms with van der Waals surface area (Å²) in [6.45, 7) is 5.12. The van der Waals surface area contributed by atoms with Gasteiger partial charge in [0.25, 0.3) is 0 Å². The van der Waals surface area contributed by atoms with Crippen LogP contribution in [0.4, 0.5) is 0 Å². The molecule has 0 aromatic heterocycles. The van der Waals surface area contributed by atoms with Crippen molar-refractivity contribution in [2.45, 2.75) is 102 Å². The Bertz CT molecular complexity index is 485. The van der Waals surface area contributed by atoms with Crippen molar-refractivity contribution >= 4 is 0 Å². The predicted molar refractivity (Wildman–Crippen MR) is 106 cm³/mol. The summed E-state index contributed by atoms with van der Waals surface area (Å²) >= 11 is 0. The van der Waals surface area contributed by atoms with E-state index in [1.807, 2.05) is 0 Å². The van der Waals surface area contributed by atoms with E-state index in [0.717, 1.165) is 25.7 Å². The van der Waals surface area contributed by atoms with Gasteiger partial charge in [-0.25, -0.2) is 0 Å². The van der Waals surface area contributed by atoms with Crippen molar-refractivity contribution in [3.8, 4) is 0 Å². The van der Waals surface area contributed by atoms with Crippen LogP contribution in [-0.2, 0) is 14.2 Å². The molecular weight excluding hydrogens is 360 g/mol. The zero-order chi connectivity index (χ0) is 20.3. The molecule has 28 heavy (non-hydrogen) atoms. The third-order valence-electron chi connectivity index (χ3n) is 7.30. The quantitative estimate of drug-likeness (QED) is 0.581. The molecule has 2 saturated carbocycles. The van der Waals surface area contributed by atoms with E-state index >= 15 is 0 Å². The Balaban J connectivity index is 1.54. The Kier molecular flexibility index (Phi) is 7.43. The van der Waals surface area contributed by atoms with E-state index in [9.17, 15) is 15.3 Å². The number of hydrogen-bond acceptors (Lipinski definition) is 6. The lowest BCUT2D eigenvalue weighted by atomic mass is 9.76. The van der Waals surface area contributed by atoms with Crippen LogP contribution in [0.15, 0.2) is 0 Å². The zero-order valence-corrected chi connectivity index (χ0v) is 17.7. The van der Waals surface area contributed by atoms with Crippen LogP contribution in [0.3, 0.4) is 0 Å². The van der Waals surface area contributed by atoms with E-state index in [0.29, 0.717) is 13.2 Å². The monoisotopic (exact) mass is 400 g/mol. The fourth-order valence-corrected chi connectivity index (χ4v) is 5.17. The van der Waals surface area contributed by atoms with Crippen LogP contribution in [0, 0.1) is 10.8 Å². The highest BCUT2D eigenvalue weighted by molar-refractivity contribution is 5.00. The molecule has 164 valence electrons. The molecule has 0 aromatic carbocycles. The van der Waals surface area contributed by atoms with E-state index < -0.39 is 30.7 Å². The lowest BCUT2D eigenvalue weighted by Gasteiger charge is -2.36. The molecule has 1 aliphatic heterocycles. The van der Waals surface area contributed by atoms with Gasteiger partial charge < -0.3 is 29.5 Å². The Hall–Kier alpha value is -0.240. The maximum Gasteiger partial charge on any atom is 0.184 e. The molecule has 0 amide bonds. The van der Waals surface area contributed by atoms with Crippen LogP contribution in [0.1, 0.15) is 78.1 Å². The van der Waals surface area contributed by atoms with Gasteiger partial charge in [-0.05, 0) is 36.5 Å². The second-order valence-electron chi connectivity index (χ2n) is 10.2. The minimum Gasteiger partial charge on any atom is -0.393 e. The molecule has 2 aliphatic carbocycles. The molecule has 0 spiro atoms. The van der Waals surface area contributed by atoms with Crippen LogP contribution in [-0.4, -0.2) is 65.8 Å². The number of aliphatic hydroxyl groups is 3. The molecular formula is C22H40O6. The molecule has 3 rings (SSSR count). The molecule has 3 fully saturated rings. The molecule has 1 saturated heterocycles. The summed E-state index contributed by atoms with van der Waals surface area (Å²) in [6, 6.07) is 0. The van der Waals surface area contributed by atoms with Gasteiger partial charge in [0, 0.05) is 0 Å². The van der Waals surface area contributed by atoms with Gasteiger partial charge in [0.1, 0.15) is 17.8 Å². The molecule has 3 N–H and O–H groups in total. The largest absolute Gasteiger partial charge is 0.393 e. The van der Waals surface area contributed by atoms with Crippen LogP contribution in [0.2, 0.25) is 0 Å². The second kappa shape index (κ2) is 9.27. The van der Waals surface area contributed by atoms with Crippen LogP contribution < -0.4 is 0 Å².